The molecule has 2 heterocycles. The minimum Gasteiger partial charge on any atom is -0.483 e. The van der Waals surface area contributed by atoms with E-state index in [-0.39, 0.29) is 48.6 Å². The molecule has 3 amide bonds. The number of primary amides is 1. The molecule has 2 aromatic carbocycles. The summed E-state index contributed by atoms with van der Waals surface area (Å²) in [5.74, 6) is -2.38. The Morgan fingerprint density at radius 1 is 1.12 bits per heavy atom. The van der Waals surface area contributed by atoms with Gasteiger partial charge in [0.25, 0.3) is 5.91 Å². The maximum Gasteiger partial charge on any atom is 0.418 e. The Labute approximate surface area is 242 Å². The first-order valence-electron chi connectivity index (χ1n) is 12.8. The van der Waals surface area contributed by atoms with Crippen molar-refractivity contribution in [3.63, 3.8) is 0 Å². The Morgan fingerprint density at radius 3 is 2.44 bits per heavy atom. The summed E-state index contributed by atoms with van der Waals surface area (Å²) >= 11 is 0. The van der Waals surface area contributed by atoms with Crippen molar-refractivity contribution in [3.8, 4) is 5.75 Å². The van der Waals surface area contributed by atoms with Gasteiger partial charge in [0.15, 0.2) is 22.6 Å². The van der Waals surface area contributed by atoms with E-state index in [2.05, 4.69) is 10.00 Å². The van der Waals surface area contributed by atoms with Crippen LogP contribution in [0.4, 0.5) is 10.5 Å². The van der Waals surface area contributed by atoms with Crippen LogP contribution in [0.2, 0.25) is 0 Å². The monoisotopic (exact) mass is 601 g/mol. The number of nitrogens with zero attached hydrogens (tertiary/aromatic N) is 2. The van der Waals surface area contributed by atoms with Crippen LogP contribution >= 0.6 is 17.9 Å². The lowest BCUT2D eigenvalue weighted by Gasteiger charge is -2.46. The molecule has 1 saturated heterocycles. The van der Waals surface area contributed by atoms with Gasteiger partial charge in [-0.2, -0.15) is 0 Å². The van der Waals surface area contributed by atoms with E-state index in [1.807, 2.05) is 6.92 Å². The van der Waals surface area contributed by atoms with Gasteiger partial charge in [-0.05, 0) is 24.6 Å². The summed E-state index contributed by atoms with van der Waals surface area (Å²) in [6, 6.07) is 9.97. The first kappa shape index (κ1) is 30.7. The number of hydrogen-bond donors (Lipinski definition) is 4. The molecule has 0 radical (unpaired) electrons. The number of anilines is 1. The molecule has 0 saturated carbocycles. The Balaban J connectivity index is 1.81. The molecule has 0 spiro atoms. The van der Waals surface area contributed by atoms with Gasteiger partial charge in [0.1, 0.15) is 29.4 Å². The third kappa shape index (κ3) is 6.05. The number of fused-ring (bicyclic) bond motifs is 2. The number of aliphatic hydroxyl groups is 1. The highest BCUT2D eigenvalue weighted by atomic mass is 31.1. The van der Waals surface area contributed by atoms with Crippen LogP contribution in [0.1, 0.15) is 13.8 Å². The number of benzene rings is 2. The smallest absolute Gasteiger partial charge is 0.418 e. The zero-order chi connectivity index (χ0) is 29.8. The van der Waals surface area contributed by atoms with E-state index in [1.165, 1.54) is 9.80 Å². The lowest BCUT2D eigenvalue weighted by atomic mass is 9.77. The second kappa shape index (κ2) is 13.2. The summed E-state index contributed by atoms with van der Waals surface area (Å²) < 4.78 is 16.4. The predicted molar refractivity (Wildman–Crippen MR) is 161 cm³/mol. The maximum absolute atomic E-state index is 13.5. The average Bonchev–Trinajstić information content (AvgIpc) is 3.18. The molecule has 41 heavy (non-hydrogen) atoms. The van der Waals surface area contributed by atoms with Gasteiger partial charge in [0.2, 0.25) is 5.91 Å². The van der Waals surface area contributed by atoms with Crippen molar-refractivity contribution in [2.75, 3.05) is 18.1 Å². The van der Waals surface area contributed by atoms with Gasteiger partial charge in [-0.15, -0.1) is 0 Å². The molecule has 5 N–H and O–H groups in total. The normalized spacial score (nSPS) is 20.9. The third-order valence-electron chi connectivity index (χ3n) is 7.06. The fourth-order valence-electron chi connectivity index (χ4n) is 5.33. The average molecular weight is 601 g/mol. The maximum atomic E-state index is 13.5. The molecular weight excluding hydrogens is 570 g/mol. The molecule has 17 heteroatoms. The molecule has 3 unspecified atom stereocenters. The summed E-state index contributed by atoms with van der Waals surface area (Å²) in [6.07, 6.45) is -1.61. The number of nitrogens with two attached hydrogens (primary N) is 1. The Morgan fingerprint density at radius 2 is 1.78 bits per heavy atom. The summed E-state index contributed by atoms with van der Waals surface area (Å²) in [4.78, 5) is 59.5. The standard InChI is InChI=1S/C24H31B2N5O8P2/c1-11-15(21(23(35)38-40-28-25)31-20(11)19(12(2)32)22(31)34)9-30(24(36)39-41-29-26)16-7-3-6-14-13(16)5-4-8-17(14)37-10-18(27)33/h3-8,11-12,19-20,28-29,32,40-41H,9-10,25-26H2,1-2H3,(H2,27,33)/t11-,12+,19+,20?/m0/s1. The van der Waals surface area contributed by atoms with Crippen LogP contribution in [0.3, 0.4) is 0 Å². The molecule has 216 valence electrons. The summed E-state index contributed by atoms with van der Waals surface area (Å²) in [5, 5.41) is 11.5. The molecule has 0 aromatic heterocycles. The van der Waals surface area contributed by atoms with Crippen molar-refractivity contribution < 1.29 is 38.1 Å². The SMILES string of the molecule is BNPOC(=O)C1=C(CN(C(=O)OPNB)c2cccc3c(OCC(N)=O)cccc23)[C@H](C)C2[C@@H]([C@@H](C)O)C(=O)N12. The van der Waals surface area contributed by atoms with E-state index >= 15 is 0 Å². The predicted octanol–water partition coefficient (Wildman–Crippen LogP) is -0.406. The highest BCUT2D eigenvalue weighted by molar-refractivity contribution is 7.32. The number of rotatable bonds is 12. The molecule has 13 nitrogen and oxygen atoms in total. The highest BCUT2D eigenvalue weighted by Crippen LogP contribution is 2.48. The zero-order valence-electron chi connectivity index (χ0n) is 23.0. The van der Waals surface area contributed by atoms with Gasteiger partial charge in [0.05, 0.1) is 30.3 Å². The van der Waals surface area contributed by atoms with E-state index in [4.69, 9.17) is 19.5 Å². The number of carbonyl (C=O) groups is 4. The molecule has 1 fully saturated rings. The van der Waals surface area contributed by atoms with E-state index < -0.39 is 36.0 Å². The van der Waals surface area contributed by atoms with Gasteiger partial charge in [-0.25, -0.2) is 9.59 Å². The minimum atomic E-state index is -0.920. The number of ether oxygens (including phenoxy) is 1. The third-order valence-corrected chi connectivity index (χ3v) is 8.04. The van der Waals surface area contributed by atoms with Crippen molar-refractivity contribution >= 4 is 74.2 Å². The first-order valence-corrected chi connectivity index (χ1v) is 14.6. The molecular formula is C24H31B2N5O8P2. The number of aliphatic hydroxyl groups excluding tert-OH is 1. The van der Waals surface area contributed by atoms with Gasteiger partial charge in [0, 0.05) is 16.7 Å². The number of β-lactam (4-membered cyclic amide) rings is 1. The Bertz CT molecular complexity index is 1400. The largest absolute Gasteiger partial charge is 0.483 e. The molecule has 2 aliphatic rings. The number of carbonyl (C=O) groups excluding carboxylic acids is 4. The van der Waals surface area contributed by atoms with Gasteiger partial charge in [-0.1, -0.05) is 31.2 Å². The summed E-state index contributed by atoms with van der Waals surface area (Å²) in [5.41, 5.74) is 6.27. The second-order valence-electron chi connectivity index (χ2n) is 9.56. The number of nitrogens with one attached hydrogen (secondary N) is 2. The van der Waals surface area contributed by atoms with Crippen LogP contribution < -0.4 is 25.4 Å². The fourth-order valence-corrected chi connectivity index (χ4v) is 5.92. The first-order chi connectivity index (χ1) is 19.6. The minimum absolute atomic E-state index is 0.0618. The highest BCUT2D eigenvalue weighted by Gasteiger charge is 2.60. The topological polar surface area (TPSA) is 173 Å². The zero-order valence-corrected chi connectivity index (χ0v) is 25.0. The number of hydrogen-bond acceptors (Lipinski definition) is 10. The van der Waals surface area contributed by atoms with E-state index in [0.29, 0.717) is 27.8 Å². The van der Waals surface area contributed by atoms with Crippen molar-refractivity contribution in [3.05, 3.63) is 47.7 Å². The van der Waals surface area contributed by atoms with Gasteiger partial charge in [-0.3, -0.25) is 14.5 Å². The van der Waals surface area contributed by atoms with Gasteiger partial charge >= 0.3 is 12.1 Å². The van der Waals surface area contributed by atoms with E-state index in [0.717, 1.165) is 0 Å². The van der Waals surface area contributed by atoms with Crippen LogP contribution in [0, 0.1) is 11.8 Å². The lowest BCUT2D eigenvalue weighted by molar-refractivity contribution is -0.162. The van der Waals surface area contributed by atoms with Crippen molar-refractivity contribution in [1.82, 2.24) is 14.9 Å². The molecule has 0 bridgehead atoms. The summed E-state index contributed by atoms with van der Waals surface area (Å²) in [7, 11) is 2.59. The fraction of sp³-hybridized carbons (Fsp3) is 0.333. The van der Waals surface area contributed by atoms with Crippen LogP contribution in [-0.4, -0.2) is 75.1 Å². The van der Waals surface area contributed by atoms with Crippen LogP contribution in [0.25, 0.3) is 10.8 Å². The number of amides is 3. The summed E-state index contributed by atoms with van der Waals surface area (Å²) in [6.45, 7) is 2.98. The molecule has 0 aliphatic carbocycles. The van der Waals surface area contributed by atoms with Crippen molar-refractivity contribution in [2.45, 2.75) is 26.0 Å². The Kier molecular flexibility index (Phi) is 9.88. The molecule has 6 atom stereocenters. The van der Waals surface area contributed by atoms with Crippen molar-refractivity contribution in [2.24, 2.45) is 17.6 Å². The van der Waals surface area contributed by atoms with Gasteiger partial charge < -0.3 is 39.5 Å². The molecule has 2 aliphatic heterocycles. The Hall–Kier alpha value is -3.21. The van der Waals surface area contributed by atoms with E-state index in [9.17, 15) is 24.3 Å². The molecule has 2 aromatic rings. The quantitative estimate of drug-likeness (QED) is 0.143. The molecule has 4 rings (SSSR count). The van der Waals surface area contributed by atoms with Crippen molar-refractivity contribution in [1.29, 1.82) is 0 Å². The van der Waals surface area contributed by atoms with E-state index in [1.54, 1.807) is 59.3 Å². The van der Waals surface area contributed by atoms with Crippen LogP contribution in [0.5, 0.6) is 5.75 Å². The van der Waals surface area contributed by atoms with Crippen LogP contribution in [0.15, 0.2) is 47.7 Å². The second-order valence-corrected chi connectivity index (χ2v) is 11.4. The lowest BCUT2D eigenvalue weighted by Crippen LogP contribution is -2.63. The van der Waals surface area contributed by atoms with Crippen LogP contribution in [-0.2, 0) is 23.4 Å².